The Morgan fingerprint density at radius 1 is 0.926 bits per heavy atom. The predicted octanol–water partition coefficient (Wildman–Crippen LogP) is 0.966. The number of hydrogen-bond acceptors (Lipinski definition) is 15. The number of rotatable bonds is 9. The Morgan fingerprint density at radius 2 is 1.56 bits per heavy atom. The molecule has 318 valence electrons. The first-order valence-electron chi connectivity index (χ1n) is 20.0. The summed E-state index contributed by atoms with van der Waals surface area (Å²) in [7, 11) is 3.74. The van der Waals surface area contributed by atoms with Crippen molar-refractivity contribution in [2.75, 3.05) is 33.7 Å². The SMILES string of the molecule is CCC1OC(=O)[C@H](C)C(O[C@@H]2C[C@@](C)(O)[C@H](O)C(C)O2)[C@@H](C)[C@H](O[C@@H]2OC(C)C[C@H](N(C)C)[C@@H]2O)C(C)(O)C[C@H](C)CN(CCCN)[C@H](C)[C@@H](O)C1(C)O. The van der Waals surface area contributed by atoms with Crippen LogP contribution in [-0.4, -0.2) is 170 Å². The van der Waals surface area contributed by atoms with Crippen LogP contribution in [0.5, 0.6) is 0 Å². The first-order chi connectivity index (χ1) is 24.9. The first-order valence-corrected chi connectivity index (χ1v) is 20.0. The number of nitrogens with two attached hydrogens (primary N) is 1. The van der Waals surface area contributed by atoms with E-state index in [1.54, 1.807) is 34.6 Å². The van der Waals surface area contributed by atoms with Crippen LogP contribution in [0, 0.1) is 17.8 Å². The molecule has 6 unspecified atom stereocenters. The van der Waals surface area contributed by atoms with Gasteiger partial charge in [0.1, 0.15) is 30.0 Å². The van der Waals surface area contributed by atoms with Crippen LogP contribution < -0.4 is 5.73 Å². The Balaban J connectivity index is 2.19. The molecule has 18 atom stereocenters. The van der Waals surface area contributed by atoms with Gasteiger partial charge in [0.2, 0.25) is 0 Å². The molecule has 3 saturated heterocycles. The zero-order chi connectivity index (χ0) is 41.1. The molecule has 3 aliphatic heterocycles. The van der Waals surface area contributed by atoms with Crippen molar-refractivity contribution in [3.05, 3.63) is 0 Å². The Labute approximate surface area is 323 Å². The van der Waals surface area contributed by atoms with Crippen LogP contribution >= 0.6 is 0 Å². The van der Waals surface area contributed by atoms with Gasteiger partial charge in [0.15, 0.2) is 12.6 Å². The molecule has 0 aromatic carbocycles. The molecule has 3 fully saturated rings. The number of cyclic esters (lactones) is 1. The van der Waals surface area contributed by atoms with Crippen LogP contribution in [0.2, 0.25) is 0 Å². The van der Waals surface area contributed by atoms with E-state index >= 15 is 0 Å². The van der Waals surface area contributed by atoms with Crippen molar-refractivity contribution in [1.82, 2.24) is 9.80 Å². The largest absolute Gasteiger partial charge is 0.459 e. The highest BCUT2D eigenvalue weighted by Crippen LogP contribution is 2.39. The van der Waals surface area contributed by atoms with Crippen molar-refractivity contribution in [1.29, 1.82) is 0 Å². The van der Waals surface area contributed by atoms with Gasteiger partial charge in [-0.15, -0.1) is 0 Å². The standard InChI is InChI=1S/C39H75N3O12/c1-13-28-39(10,49)32(44)25(6)42(16-14-15-40)20-21(2)18-38(9,48)34(54-36-30(43)27(41(11)12)17-22(3)50-36)23(4)31(24(5)35(46)52-28)53-29-19-37(8,47)33(45)26(7)51-29/h21-34,36,43-45,47-49H,13-20,40H2,1-12H3/t21-,22?,23+,24+,25+,26?,27-,28?,29+,30-,31?,32+,33+,34-,36-,37+,38?,39?/m0/s1. The molecule has 3 heterocycles. The number of esters is 1. The van der Waals surface area contributed by atoms with Gasteiger partial charge in [0.05, 0.1) is 41.5 Å². The number of carbonyl (C=O) groups is 1. The molecule has 54 heavy (non-hydrogen) atoms. The predicted molar refractivity (Wildman–Crippen MR) is 202 cm³/mol. The Kier molecular flexibility index (Phi) is 16.8. The second-order valence-electron chi connectivity index (χ2n) is 17.7. The number of ether oxygens (including phenoxy) is 5. The van der Waals surface area contributed by atoms with Gasteiger partial charge in [-0.2, -0.15) is 0 Å². The fraction of sp³-hybridized carbons (Fsp3) is 0.974. The van der Waals surface area contributed by atoms with Crippen molar-refractivity contribution in [3.8, 4) is 0 Å². The lowest BCUT2D eigenvalue weighted by molar-refractivity contribution is -0.316. The summed E-state index contributed by atoms with van der Waals surface area (Å²) in [6.45, 7) is 18.4. The first kappa shape index (κ1) is 47.3. The zero-order valence-corrected chi connectivity index (χ0v) is 34.9. The van der Waals surface area contributed by atoms with Gasteiger partial charge in [-0.1, -0.05) is 20.8 Å². The molecular weight excluding hydrogens is 702 g/mol. The van der Waals surface area contributed by atoms with Crippen molar-refractivity contribution < 1.29 is 59.1 Å². The van der Waals surface area contributed by atoms with E-state index in [1.807, 2.05) is 44.7 Å². The molecular formula is C39H75N3O12. The molecule has 3 rings (SSSR count). The number of aliphatic hydroxyl groups is 6. The molecule has 3 aliphatic rings. The minimum atomic E-state index is -1.85. The molecule has 15 nitrogen and oxygen atoms in total. The van der Waals surface area contributed by atoms with Gasteiger partial charge < -0.3 is 65.0 Å². The van der Waals surface area contributed by atoms with Crippen LogP contribution in [0.15, 0.2) is 0 Å². The Morgan fingerprint density at radius 3 is 2.11 bits per heavy atom. The third-order valence-electron chi connectivity index (χ3n) is 12.2. The van der Waals surface area contributed by atoms with Gasteiger partial charge in [0.25, 0.3) is 0 Å². The number of likely N-dealkylation sites (N-methyl/N-ethyl adjacent to an activating group) is 1. The highest BCUT2D eigenvalue weighted by Gasteiger charge is 2.52. The van der Waals surface area contributed by atoms with E-state index in [2.05, 4.69) is 0 Å². The van der Waals surface area contributed by atoms with Crippen molar-refractivity contribution >= 4 is 5.97 Å². The number of aliphatic hydroxyl groups excluding tert-OH is 3. The summed E-state index contributed by atoms with van der Waals surface area (Å²) in [5, 5.41) is 69.5. The zero-order valence-electron chi connectivity index (χ0n) is 34.9. The van der Waals surface area contributed by atoms with E-state index in [1.165, 1.54) is 13.8 Å². The van der Waals surface area contributed by atoms with Crippen LogP contribution in [0.3, 0.4) is 0 Å². The van der Waals surface area contributed by atoms with Gasteiger partial charge >= 0.3 is 5.97 Å². The molecule has 0 amide bonds. The summed E-state index contributed by atoms with van der Waals surface area (Å²) in [5.41, 5.74) is 0.872. The average Bonchev–Trinajstić information content (AvgIpc) is 3.07. The fourth-order valence-electron chi connectivity index (χ4n) is 9.00. The van der Waals surface area contributed by atoms with Gasteiger partial charge in [-0.25, -0.2) is 0 Å². The summed E-state index contributed by atoms with van der Waals surface area (Å²) >= 11 is 0. The molecule has 0 aromatic rings. The lowest BCUT2D eigenvalue weighted by atomic mass is 9.77. The van der Waals surface area contributed by atoms with Crippen molar-refractivity contribution in [2.24, 2.45) is 23.5 Å². The van der Waals surface area contributed by atoms with Gasteiger partial charge in [-0.05, 0) is 107 Å². The number of carbonyl (C=O) groups excluding carboxylic acids is 1. The highest BCUT2D eigenvalue weighted by atomic mass is 16.7. The lowest BCUT2D eigenvalue weighted by Crippen LogP contribution is -2.60. The van der Waals surface area contributed by atoms with E-state index in [0.29, 0.717) is 32.5 Å². The van der Waals surface area contributed by atoms with Crippen LogP contribution in [0.4, 0.5) is 0 Å². The molecule has 0 radical (unpaired) electrons. The molecule has 0 aromatic heterocycles. The smallest absolute Gasteiger partial charge is 0.311 e. The van der Waals surface area contributed by atoms with Crippen molar-refractivity contribution in [3.63, 3.8) is 0 Å². The topological polar surface area (TPSA) is 217 Å². The summed E-state index contributed by atoms with van der Waals surface area (Å²) in [5.74, 6) is -2.79. The van der Waals surface area contributed by atoms with E-state index in [-0.39, 0.29) is 37.3 Å². The van der Waals surface area contributed by atoms with Crippen molar-refractivity contribution in [2.45, 2.75) is 192 Å². The molecule has 15 heteroatoms. The maximum atomic E-state index is 14.2. The average molecular weight is 778 g/mol. The molecule has 8 N–H and O–H groups in total. The summed E-state index contributed by atoms with van der Waals surface area (Å²) in [6, 6.07) is -0.880. The van der Waals surface area contributed by atoms with Gasteiger partial charge in [-0.3, -0.25) is 9.69 Å². The quantitative estimate of drug-likeness (QED) is 0.162. The molecule has 0 aliphatic carbocycles. The summed E-state index contributed by atoms with van der Waals surface area (Å²) < 4.78 is 31.6. The Hall–Kier alpha value is -1.05. The van der Waals surface area contributed by atoms with E-state index in [9.17, 15) is 35.4 Å². The van der Waals surface area contributed by atoms with Crippen LogP contribution in [0.1, 0.15) is 101 Å². The number of nitrogens with zero attached hydrogens (tertiary/aromatic N) is 2. The molecule has 0 spiro atoms. The summed E-state index contributed by atoms with van der Waals surface area (Å²) in [6.07, 6.45) is -8.74. The minimum Gasteiger partial charge on any atom is -0.459 e. The van der Waals surface area contributed by atoms with E-state index < -0.39 is 96.0 Å². The molecule has 0 saturated carbocycles. The second kappa shape index (κ2) is 19.1. The van der Waals surface area contributed by atoms with E-state index in [0.717, 1.165) is 0 Å². The third kappa shape index (κ3) is 11.1. The second-order valence-corrected chi connectivity index (χ2v) is 17.7. The Bertz CT molecular complexity index is 1180. The summed E-state index contributed by atoms with van der Waals surface area (Å²) in [4.78, 5) is 18.2. The molecule has 0 bridgehead atoms. The van der Waals surface area contributed by atoms with Gasteiger partial charge in [0, 0.05) is 31.0 Å². The van der Waals surface area contributed by atoms with Crippen LogP contribution in [-0.2, 0) is 28.5 Å². The maximum Gasteiger partial charge on any atom is 0.311 e. The minimum absolute atomic E-state index is 0.121. The number of hydrogen-bond donors (Lipinski definition) is 7. The monoisotopic (exact) mass is 778 g/mol. The normalized spacial score (nSPS) is 48.2. The van der Waals surface area contributed by atoms with E-state index in [4.69, 9.17) is 29.4 Å². The van der Waals surface area contributed by atoms with Crippen LogP contribution in [0.25, 0.3) is 0 Å². The maximum absolute atomic E-state index is 14.2. The third-order valence-corrected chi connectivity index (χ3v) is 12.2. The fourth-order valence-corrected chi connectivity index (χ4v) is 9.00. The highest BCUT2D eigenvalue weighted by molar-refractivity contribution is 5.73. The lowest BCUT2D eigenvalue weighted by Gasteiger charge is -2.48.